The van der Waals surface area contributed by atoms with Crippen LogP contribution in [0.15, 0.2) is 6.07 Å². The Bertz CT molecular complexity index is 400. The molecule has 1 unspecified atom stereocenters. The summed E-state index contributed by atoms with van der Waals surface area (Å²) in [6.45, 7) is 0. The van der Waals surface area contributed by atoms with Gasteiger partial charge in [0.2, 0.25) is 0 Å². The lowest BCUT2D eigenvalue weighted by molar-refractivity contribution is 0.0135. The van der Waals surface area contributed by atoms with Crippen molar-refractivity contribution in [3.8, 4) is 0 Å². The van der Waals surface area contributed by atoms with Crippen LogP contribution in [-0.2, 0) is 11.2 Å². The fourth-order valence-electron chi connectivity index (χ4n) is 2.87. The van der Waals surface area contributed by atoms with Crippen molar-refractivity contribution < 1.29 is 4.74 Å². The molecule has 0 aliphatic heterocycles. The molecule has 4 heteroatoms. The summed E-state index contributed by atoms with van der Waals surface area (Å²) >= 11 is 4.42. The Labute approximate surface area is 120 Å². The van der Waals surface area contributed by atoms with Crippen LogP contribution in [0.1, 0.15) is 42.2 Å². The minimum Gasteiger partial charge on any atom is -0.381 e. The van der Waals surface area contributed by atoms with Crippen LogP contribution < -0.4 is 5.32 Å². The molecule has 17 heavy (non-hydrogen) atoms. The fraction of sp³-hybridized carbons (Fsp3) is 0.692. The highest BCUT2D eigenvalue weighted by atomic mass is 127. The zero-order valence-corrected chi connectivity index (χ0v) is 13.0. The van der Waals surface area contributed by atoms with Gasteiger partial charge in [-0.05, 0) is 66.3 Å². The van der Waals surface area contributed by atoms with E-state index in [1.54, 1.807) is 10.4 Å². The quantitative estimate of drug-likeness (QED) is 0.830. The maximum absolute atomic E-state index is 5.34. The first-order chi connectivity index (χ1) is 8.26. The summed E-state index contributed by atoms with van der Waals surface area (Å²) in [7, 11) is 1.82. The predicted octanol–water partition coefficient (Wildman–Crippen LogP) is 3.50. The van der Waals surface area contributed by atoms with E-state index in [2.05, 4.69) is 34.0 Å². The molecule has 0 spiro atoms. The number of methoxy groups -OCH3 is 1. The van der Waals surface area contributed by atoms with Gasteiger partial charge in [-0.3, -0.25) is 0 Å². The number of ether oxygens (including phenoxy) is 1. The zero-order valence-electron chi connectivity index (χ0n) is 10.0. The summed E-state index contributed by atoms with van der Waals surface area (Å²) < 4.78 is 6.77. The third kappa shape index (κ3) is 2.55. The van der Waals surface area contributed by atoms with Crippen molar-refractivity contribution in [1.29, 1.82) is 0 Å². The molecule has 1 atom stereocenters. The molecule has 3 rings (SSSR count). The van der Waals surface area contributed by atoms with Gasteiger partial charge in [-0.25, -0.2) is 0 Å². The van der Waals surface area contributed by atoms with E-state index in [-0.39, 0.29) is 0 Å². The lowest BCUT2D eigenvalue weighted by atomic mass is 9.86. The minimum atomic E-state index is 0.498. The monoisotopic (exact) mass is 363 g/mol. The normalized spacial score (nSPS) is 32.0. The van der Waals surface area contributed by atoms with Crippen LogP contribution in [-0.4, -0.2) is 19.3 Å². The average Bonchev–Trinajstić information content (AvgIpc) is 2.63. The van der Waals surface area contributed by atoms with E-state index in [0.29, 0.717) is 18.2 Å². The Morgan fingerprint density at radius 3 is 3.06 bits per heavy atom. The molecule has 94 valence electrons. The van der Waals surface area contributed by atoms with Crippen molar-refractivity contribution in [3.63, 3.8) is 0 Å². The van der Waals surface area contributed by atoms with Gasteiger partial charge in [-0.2, -0.15) is 0 Å². The molecule has 1 fully saturated rings. The van der Waals surface area contributed by atoms with E-state index in [0.717, 1.165) is 0 Å². The third-order valence-corrected chi connectivity index (χ3v) is 5.92. The summed E-state index contributed by atoms with van der Waals surface area (Å²) in [5.74, 6) is 0. The summed E-state index contributed by atoms with van der Waals surface area (Å²) in [6, 6.07) is 3.65. The first-order valence-corrected chi connectivity index (χ1v) is 8.22. The van der Waals surface area contributed by atoms with Crippen LogP contribution in [0, 0.1) is 2.88 Å². The Balaban J connectivity index is 1.65. The molecule has 0 amide bonds. The third-order valence-electron chi connectivity index (χ3n) is 3.95. The molecule has 1 heterocycles. The molecule has 2 nitrogen and oxygen atoms in total. The van der Waals surface area contributed by atoms with Gasteiger partial charge in [0.1, 0.15) is 0 Å². The lowest BCUT2D eigenvalue weighted by Crippen LogP contribution is -2.46. The summed E-state index contributed by atoms with van der Waals surface area (Å²) in [5, 5.41) is 3.81. The summed E-state index contributed by atoms with van der Waals surface area (Å²) in [4.78, 5) is 1.61. The number of fused-ring (bicyclic) bond motifs is 1. The molecule has 1 aromatic rings. The minimum absolute atomic E-state index is 0.498. The first-order valence-electron chi connectivity index (χ1n) is 6.33. The fourth-order valence-corrected chi connectivity index (χ4v) is 4.99. The van der Waals surface area contributed by atoms with E-state index >= 15 is 0 Å². The number of nitrogens with one attached hydrogen (secondary N) is 1. The number of halogens is 1. The highest BCUT2D eigenvalue weighted by molar-refractivity contribution is 14.1. The molecule has 0 bridgehead atoms. The SMILES string of the molecule is COC1CC(NC2CCCc3sc(I)cc32)C1. The Kier molecular flexibility index (Phi) is 3.75. The molecule has 0 aromatic carbocycles. The van der Waals surface area contributed by atoms with Gasteiger partial charge < -0.3 is 10.1 Å². The molecular formula is C13H18INOS. The first kappa shape index (κ1) is 12.4. The number of rotatable bonds is 3. The smallest absolute Gasteiger partial charge is 0.0659 e. The molecule has 0 saturated heterocycles. The van der Waals surface area contributed by atoms with Crippen LogP contribution in [0.5, 0.6) is 0 Å². The largest absolute Gasteiger partial charge is 0.381 e. The van der Waals surface area contributed by atoms with Crippen molar-refractivity contribution in [3.05, 3.63) is 19.4 Å². The maximum Gasteiger partial charge on any atom is 0.0659 e. The van der Waals surface area contributed by atoms with E-state index < -0.39 is 0 Å². The van der Waals surface area contributed by atoms with E-state index in [4.69, 9.17) is 4.74 Å². The second-order valence-corrected chi connectivity index (χ2v) is 8.10. The Morgan fingerprint density at radius 1 is 1.47 bits per heavy atom. The zero-order chi connectivity index (χ0) is 11.8. The van der Waals surface area contributed by atoms with Crippen LogP contribution in [0.2, 0.25) is 0 Å². The van der Waals surface area contributed by atoms with Crippen LogP contribution >= 0.6 is 33.9 Å². The average molecular weight is 363 g/mol. The topological polar surface area (TPSA) is 21.3 Å². The van der Waals surface area contributed by atoms with E-state index in [1.165, 1.54) is 35.0 Å². The molecule has 2 aliphatic rings. The lowest BCUT2D eigenvalue weighted by Gasteiger charge is -2.38. The number of hydrogen-bond acceptors (Lipinski definition) is 3. The Hall–Kier alpha value is 0.350. The molecule has 1 N–H and O–H groups in total. The van der Waals surface area contributed by atoms with Gasteiger partial charge in [0.15, 0.2) is 0 Å². The molecule has 2 aliphatic carbocycles. The number of aryl methyl sites for hydroxylation is 1. The molecular weight excluding hydrogens is 345 g/mol. The second-order valence-electron chi connectivity index (χ2n) is 5.07. The van der Waals surface area contributed by atoms with Gasteiger partial charge in [0, 0.05) is 24.1 Å². The highest BCUT2D eigenvalue weighted by Crippen LogP contribution is 2.37. The molecule has 0 radical (unpaired) electrons. The second kappa shape index (κ2) is 5.15. The van der Waals surface area contributed by atoms with E-state index in [9.17, 15) is 0 Å². The van der Waals surface area contributed by atoms with Crippen LogP contribution in [0.25, 0.3) is 0 Å². The van der Waals surface area contributed by atoms with Crippen molar-refractivity contribution in [2.24, 2.45) is 0 Å². The Morgan fingerprint density at radius 2 is 2.29 bits per heavy atom. The van der Waals surface area contributed by atoms with Crippen molar-refractivity contribution in [1.82, 2.24) is 5.32 Å². The summed E-state index contributed by atoms with van der Waals surface area (Å²) in [5.41, 5.74) is 1.58. The van der Waals surface area contributed by atoms with Crippen molar-refractivity contribution >= 4 is 33.9 Å². The van der Waals surface area contributed by atoms with Crippen molar-refractivity contribution in [2.45, 2.75) is 50.3 Å². The summed E-state index contributed by atoms with van der Waals surface area (Å²) in [6.07, 6.45) is 6.79. The predicted molar refractivity (Wildman–Crippen MR) is 79.7 cm³/mol. The van der Waals surface area contributed by atoms with Crippen LogP contribution in [0.3, 0.4) is 0 Å². The standard InChI is InChI=1S/C13H18INOS/c1-16-9-5-8(6-9)15-11-3-2-4-12-10(11)7-13(14)17-12/h7-9,11,15H,2-6H2,1H3. The van der Waals surface area contributed by atoms with Crippen LogP contribution in [0.4, 0.5) is 0 Å². The van der Waals surface area contributed by atoms with Crippen molar-refractivity contribution in [2.75, 3.05) is 7.11 Å². The number of thiophene rings is 1. The maximum atomic E-state index is 5.34. The molecule has 1 saturated carbocycles. The number of hydrogen-bond donors (Lipinski definition) is 1. The van der Waals surface area contributed by atoms with E-state index in [1.807, 2.05) is 18.4 Å². The van der Waals surface area contributed by atoms with Gasteiger partial charge in [-0.1, -0.05) is 0 Å². The molecule has 1 aromatic heterocycles. The van der Waals surface area contributed by atoms with Gasteiger partial charge in [0.05, 0.1) is 8.99 Å². The van der Waals surface area contributed by atoms with Gasteiger partial charge >= 0.3 is 0 Å². The van der Waals surface area contributed by atoms with Gasteiger partial charge in [0.25, 0.3) is 0 Å². The highest BCUT2D eigenvalue weighted by Gasteiger charge is 2.32. The van der Waals surface area contributed by atoms with Gasteiger partial charge in [-0.15, -0.1) is 11.3 Å².